The van der Waals surface area contributed by atoms with Gasteiger partial charge in [0.2, 0.25) is 0 Å². The third-order valence-corrected chi connectivity index (χ3v) is 4.08. The lowest BCUT2D eigenvalue weighted by molar-refractivity contribution is -0.0474. The minimum atomic E-state index is -0.878. The van der Waals surface area contributed by atoms with Crippen LogP contribution in [0.25, 0.3) is 0 Å². The largest absolute Gasteiger partial charge is 0.465 e. The third kappa shape index (κ3) is 3.34. The molecule has 2 aliphatic heterocycles. The molecule has 0 aliphatic carbocycles. The molecule has 2 heterocycles. The van der Waals surface area contributed by atoms with Crippen molar-refractivity contribution in [1.29, 1.82) is 0 Å². The third-order valence-electron chi connectivity index (χ3n) is 4.08. The number of piperidine rings is 1. The number of piperazine rings is 1. The summed E-state index contributed by atoms with van der Waals surface area (Å²) in [4.78, 5) is 16.8. The summed E-state index contributed by atoms with van der Waals surface area (Å²) >= 11 is 0. The molecule has 0 saturated carbocycles. The lowest BCUT2D eigenvalue weighted by Gasteiger charge is -2.42. The van der Waals surface area contributed by atoms with Gasteiger partial charge in [-0.2, -0.15) is 0 Å². The van der Waals surface area contributed by atoms with Crippen LogP contribution in [0, 0.1) is 0 Å². The zero-order valence-electron chi connectivity index (χ0n) is 11.0. The molecule has 18 heavy (non-hydrogen) atoms. The molecule has 2 rings (SSSR count). The highest BCUT2D eigenvalue weighted by Crippen LogP contribution is 2.23. The Morgan fingerprint density at radius 2 is 1.67 bits per heavy atom. The average Bonchev–Trinajstić information content (AvgIpc) is 2.32. The molecule has 0 atom stereocenters. The van der Waals surface area contributed by atoms with E-state index in [0.717, 1.165) is 26.2 Å². The lowest BCUT2D eigenvalue weighted by Crippen LogP contribution is -2.55. The summed E-state index contributed by atoms with van der Waals surface area (Å²) in [6, 6.07) is 0. The maximum Gasteiger partial charge on any atom is 0.407 e. The van der Waals surface area contributed by atoms with Crippen molar-refractivity contribution in [3.8, 4) is 0 Å². The van der Waals surface area contributed by atoms with E-state index >= 15 is 0 Å². The number of rotatable bonds is 2. The topological polar surface area (TPSA) is 67.2 Å². The second-order valence-electron chi connectivity index (χ2n) is 5.57. The molecule has 6 nitrogen and oxygen atoms in total. The van der Waals surface area contributed by atoms with Crippen LogP contribution in [0.5, 0.6) is 0 Å². The van der Waals surface area contributed by atoms with Crippen LogP contribution in [0.15, 0.2) is 0 Å². The van der Waals surface area contributed by atoms with Crippen LogP contribution in [0.2, 0.25) is 0 Å². The molecule has 0 aromatic heterocycles. The standard InChI is InChI=1S/C12H23N3O3/c1-13-6-8-14(9-7-13)10-12(18)2-4-15(5-3-12)11(16)17/h18H,2-10H2,1H3,(H,16,17). The lowest BCUT2D eigenvalue weighted by atomic mass is 9.90. The van der Waals surface area contributed by atoms with Gasteiger partial charge in [0.15, 0.2) is 0 Å². The summed E-state index contributed by atoms with van der Waals surface area (Å²) in [7, 11) is 2.11. The average molecular weight is 257 g/mol. The molecule has 0 aromatic rings. The molecule has 0 spiro atoms. The number of likely N-dealkylation sites (N-methyl/N-ethyl adjacent to an activating group) is 1. The van der Waals surface area contributed by atoms with E-state index in [4.69, 9.17) is 5.11 Å². The fourth-order valence-corrected chi connectivity index (χ4v) is 2.69. The first kappa shape index (κ1) is 13.6. The minimum Gasteiger partial charge on any atom is -0.465 e. The monoisotopic (exact) mass is 257 g/mol. The van der Waals surface area contributed by atoms with Crippen molar-refractivity contribution in [1.82, 2.24) is 14.7 Å². The second kappa shape index (κ2) is 5.42. The van der Waals surface area contributed by atoms with Gasteiger partial charge in [-0.05, 0) is 19.9 Å². The van der Waals surface area contributed by atoms with Crippen molar-refractivity contribution < 1.29 is 15.0 Å². The number of nitrogens with zero attached hydrogens (tertiary/aromatic N) is 3. The summed E-state index contributed by atoms with van der Waals surface area (Å²) in [6.45, 7) is 5.62. The molecule has 0 aromatic carbocycles. The number of hydrogen-bond donors (Lipinski definition) is 2. The summed E-state index contributed by atoms with van der Waals surface area (Å²) in [5.74, 6) is 0. The Morgan fingerprint density at radius 1 is 1.11 bits per heavy atom. The van der Waals surface area contributed by atoms with Gasteiger partial charge in [-0.15, -0.1) is 0 Å². The van der Waals surface area contributed by atoms with Crippen LogP contribution >= 0.6 is 0 Å². The number of hydrogen-bond acceptors (Lipinski definition) is 4. The normalized spacial score (nSPS) is 26.2. The van der Waals surface area contributed by atoms with E-state index < -0.39 is 11.7 Å². The van der Waals surface area contributed by atoms with Crippen LogP contribution in [0.1, 0.15) is 12.8 Å². The van der Waals surface area contributed by atoms with Crippen LogP contribution in [-0.4, -0.2) is 89.5 Å². The van der Waals surface area contributed by atoms with E-state index in [1.807, 2.05) is 0 Å². The fourth-order valence-electron chi connectivity index (χ4n) is 2.69. The molecule has 0 bridgehead atoms. The molecule has 2 saturated heterocycles. The molecule has 1 amide bonds. The number of carboxylic acid groups (broad SMARTS) is 1. The molecule has 104 valence electrons. The predicted molar refractivity (Wildman–Crippen MR) is 67.7 cm³/mol. The molecule has 2 aliphatic rings. The van der Waals surface area contributed by atoms with Gasteiger partial charge < -0.3 is 20.0 Å². The molecule has 2 N–H and O–H groups in total. The maximum absolute atomic E-state index is 10.8. The van der Waals surface area contributed by atoms with Crippen molar-refractivity contribution in [3.63, 3.8) is 0 Å². The smallest absolute Gasteiger partial charge is 0.407 e. The Balaban J connectivity index is 1.80. The van der Waals surface area contributed by atoms with Gasteiger partial charge in [0.1, 0.15) is 0 Å². The van der Waals surface area contributed by atoms with Gasteiger partial charge in [0, 0.05) is 45.8 Å². The summed E-state index contributed by atoms with van der Waals surface area (Å²) in [5, 5.41) is 19.4. The molecular formula is C12H23N3O3. The molecule has 2 fully saturated rings. The van der Waals surface area contributed by atoms with Crippen molar-refractivity contribution in [2.75, 3.05) is 52.9 Å². The van der Waals surface area contributed by atoms with Crippen molar-refractivity contribution in [2.45, 2.75) is 18.4 Å². The highest BCUT2D eigenvalue weighted by atomic mass is 16.4. The van der Waals surface area contributed by atoms with Gasteiger partial charge in [-0.3, -0.25) is 4.90 Å². The van der Waals surface area contributed by atoms with Crippen LogP contribution in [0.3, 0.4) is 0 Å². The zero-order valence-corrected chi connectivity index (χ0v) is 11.0. The van der Waals surface area contributed by atoms with Crippen molar-refractivity contribution >= 4 is 6.09 Å². The zero-order chi connectivity index (χ0) is 13.2. The number of amides is 1. The van der Waals surface area contributed by atoms with Crippen molar-refractivity contribution in [3.05, 3.63) is 0 Å². The quantitative estimate of drug-likeness (QED) is 0.713. The summed E-state index contributed by atoms with van der Waals surface area (Å²) in [6.07, 6.45) is 0.216. The van der Waals surface area contributed by atoms with Gasteiger partial charge in [-0.1, -0.05) is 0 Å². The maximum atomic E-state index is 10.8. The second-order valence-corrected chi connectivity index (χ2v) is 5.57. The van der Waals surface area contributed by atoms with Crippen LogP contribution in [0.4, 0.5) is 4.79 Å². The first-order chi connectivity index (χ1) is 8.48. The van der Waals surface area contributed by atoms with E-state index in [-0.39, 0.29) is 0 Å². The first-order valence-electron chi connectivity index (χ1n) is 6.60. The van der Waals surface area contributed by atoms with E-state index in [1.54, 1.807) is 0 Å². The SMILES string of the molecule is CN1CCN(CC2(O)CCN(C(=O)O)CC2)CC1. The molecule has 0 radical (unpaired) electrons. The van der Waals surface area contributed by atoms with Gasteiger partial charge in [0.25, 0.3) is 0 Å². The van der Waals surface area contributed by atoms with E-state index in [0.29, 0.717) is 32.5 Å². The summed E-state index contributed by atoms with van der Waals surface area (Å²) < 4.78 is 0. The Hall–Kier alpha value is -0.850. The Morgan fingerprint density at radius 3 is 2.17 bits per heavy atom. The molecular weight excluding hydrogens is 234 g/mol. The number of likely N-dealkylation sites (tertiary alicyclic amines) is 1. The number of carbonyl (C=O) groups is 1. The molecule has 0 unspecified atom stereocenters. The van der Waals surface area contributed by atoms with E-state index in [2.05, 4.69) is 16.8 Å². The minimum absolute atomic E-state index is 0.444. The van der Waals surface area contributed by atoms with Crippen molar-refractivity contribution in [2.24, 2.45) is 0 Å². The molecule has 6 heteroatoms. The van der Waals surface area contributed by atoms with Gasteiger partial charge in [-0.25, -0.2) is 4.79 Å². The number of aliphatic hydroxyl groups is 1. The first-order valence-corrected chi connectivity index (χ1v) is 6.60. The Labute approximate surface area is 108 Å². The summed E-state index contributed by atoms with van der Waals surface area (Å²) in [5.41, 5.74) is -0.706. The number of β-amino-alcohol motifs (C(OH)–C–C–N with tert-alkyl or cyclic N) is 1. The van der Waals surface area contributed by atoms with Gasteiger partial charge >= 0.3 is 6.09 Å². The van der Waals surface area contributed by atoms with Gasteiger partial charge in [0.05, 0.1) is 5.60 Å². The highest BCUT2D eigenvalue weighted by Gasteiger charge is 2.35. The van der Waals surface area contributed by atoms with Crippen LogP contribution in [-0.2, 0) is 0 Å². The Kier molecular flexibility index (Phi) is 4.09. The van der Waals surface area contributed by atoms with E-state index in [9.17, 15) is 9.90 Å². The predicted octanol–water partition coefficient (Wildman–Crippen LogP) is -0.261. The fraction of sp³-hybridized carbons (Fsp3) is 0.917. The Bertz CT molecular complexity index is 295. The van der Waals surface area contributed by atoms with E-state index in [1.165, 1.54) is 4.90 Å². The highest BCUT2D eigenvalue weighted by molar-refractivity contribution is 5.65. The van der Waals surface area contributed by atoms with Crippen LogP contribution < -0.4 is 0 Å².